The third-order valence-corrected chi connectivity index (χ3v) is 3.56. The number of nitrogens with zero attached hydrogens (tertiary/aromatic N) is 1. The second-order valence-corrected chi connectivity index (χ2v) is 4.56. The lowest BCUT2D eigenvalue weighted by Crippen LogP contribution is -2.38. The van der Waals surface area contributed by atoms with Crippen molar-refractivity contribution in [1.29, 1.82) is 0 Å². The zero-order valence-corrected chi connectivity index (χ0v) is 11.9. The van der Waals surface area contributed by atoms with Crippen LogP contribution in [-0.2, 0) is 14.0 Å². The number of hydrogen-bond donors (Lipinski definition) is 1. The summed E-state index contributed by atoms with van der Waals surface area (Å²) in [5, 5.41) is 0. The second-order valence-electron chi connectivity index (χ2n) is 4.29. The third-order valence-electron chi connectivity index (χ3n) is 3.24. The molecule has 5 atom stereocenters. The van der Waals surface area contributed by atoms with Gasteiger partial charge in [0, 0.05) is 28.8 Å². The number of ether oxygens (including phenoxy) is 2. The van der Waals surface area contributed by atoms with Gasteiger partial charge in [-0.3, -0.25) is 14.3 Å². The number of nitrogens with one attached hydrogen (secondary N) is 1. The maximum Gasteiger partial charge on any atom is 0.330 e. The van der Waals surface area contributed by atoms with Crippen molar-refractivity contribution in [2.75, 3.05) is 7.11 Å². The number of methoxy groups -OCH3 is 1. The highest BCUT2D eigenvalue weighted by molar-refractivity contribution is 7.09. The number of rotatable bonds is 4. The van der Waals surface area contributed by atoms with Crippen LogP contribution < -0.4 is 11.2 Å². The van der Waals surface area contributed by atoms with Crippen LogP contribution in [0.2, 0.25) is 0 Å². The first-order valence-corrected chi connectivity index (χ1v) is 6.44. The number of aromatic nitrogens is 2. The molecule has 0 radical (unpaired) electrons. The van der Waals surface area contributed by atoms with E-state index in [0.717, 1.165) is 6.42 Å². The van der Waals surface area contributed by atoms with Gasteiger partial charge in [0.05, 0.1) is 6.10 Å². The monoisotopic (exact) mass is 288 g/mol. The molecule has 2 rings (SSSR count). The minimum absolute atomic E-state index is 0.175. The minimum atomic E-state index is -0.621. The van der Waals surface area contributed by atoms with Gasteiger partial charge in [-0.05, 0) is 6.42 Å². The fourth-order valence-corrected chi connectivity index (χ4v) is 2.63. The lowest BCUT2D eigenvalue weighted by atomic mass is 10.1. The van der Waals surface area contributed by atoms with Crippen molar-refractivity contribution in [3.63, 3.8) is 0 Å². The molecule has 0 amide bonds. The van der Waals surface area contributed by atoms with E-state index >= 15 is 0 Å². The molecule has 0 saturated carbocycles. The fourth-order valence-electron chi connectivity index (χ4n) is 2.30. The summed E-state index contributed by atoms with van der Waals surface area (Å²) in [5.41, 5.74) is -0.974. The first-order chi connectivity index (χ1) is 9.12. The summed E-state index contributed by atoms with van der Waals surface area (Å²) >= 11 is 0. The van der Waals surface area contributed by atoms with Crippen molar-refractivity contribution >= 4 is 9.47 Å². The Kier molecular flexibility index (Phi) is 4.52. The van der Waals surface area contributed by atoms with Gasteiger partial charge in [-0.25, -0.2) is 4.79 Å². The Balaban J connectivity index is 2.38. The zero-order chi connectivity index (χ0) is 14.0. The summed E-state index contributed by atoms with van der Waals surface area (Å²) < 4.78 is 17.8. The topological polar surface area (TPSA) is 82.6 Å². The van der Waals surface area contributed by atoms with Crippen LogP contribution in [0.5, 0.6) is 0 Å². The van der Waals surface area contributed by atoms with Crippen LogP contribution in [-0.4, -0.2) is 35.0 Å². The van der Waals surface area contributed by atoms with Gasteiger partial charge in [-0.1, -0.05) is 6.92 Å². The fraction of sp³-hybridized carbons (Fsp3) is 0.636. The highest BCUT2D eigenvalue weighted by atomic mass is 31.0. The Morgan fingerprint density at radius 3 is 2.74 bits per heavy atom. The van der Waals surface area contributed by atoms with Gasteiger partial charge in [0.1, 0.15) is 12.2 Å². The molecule has 0 aromatic carbocycles. The first kappa shape index (κ1) is 14.4. The summed E-state index contributed by atoms with van der Waals surface area (Å²) in [5.74, 6) is 0. The van der Waals surface area contributed by atoms with Gasteiger partial charge in [0.15, 0.2) is 6.23 Å². The summed E-state index contributed by atoms with van der Waals surface area (Å²) in [4.78, 5) is 25.1. The quantitative estimate of drug-likeness (QED) is 0.791. The van der Waals surface area contributed by atoms with Crippen molar-refractivity contribution in [2.24, 2.45) is 0 Å². The molecule has 1 aromatic heterocycles. The number of H-pyrrole nitrogens is 1. The number of hydrogen-bond acceptors (Lipinski definition) is 5. The van der Waals surface area contributed by atoms with Crippen LogP contribution >= 0.6 is 9.47 Å². The summed E-state index contributed by atoms with van der Waals surface area (Å²) in [6.07, 6.45) is 0.620. The average molecular weight is 288 g/mol. The molecule has 2 heterocycles. The van der Waals surface area contributed by atoms with E-state index in [2.05, 4.69) is 14.5 Å². The molecule has 0 aliphatic carbocycles. The zero-order valence-electron chi connectivity index (χ0n) is 10.7. The van der Waals surface area contributed by atoms with E-state index in [1.807, 2.05) is 6.92 Å². The predicted octanol–water partition coefficient (Wildman–Crippen LogP) is 0.0343. The largest absolute Gasteiger partial charge is 0.374 e. The smallest absolute Gasteiger partial charge is 0.330 e. The highest BCUT2D eigenvalue weighted by Gasteiger charge is 2.45. The number of aromatic amines is 1. The molecule has 1 aromatic rings. The molecule has 0 bridgehead atoms. The molecule has 5 unspecified atom stereocenters. The van der Waals surface area contributed by atoms with Gasteiger partial charge in [0.25, 0.3) is 5.56 Å². The van der Waals surface area contributed by atoms with Crippen LogP contribution in [0.4, 0.5) is 0 Å². The van der Waals surface area contributed by atoms with Crippen LogP contribution in [0, 0.1) is 0 Å². The standard InChI is InChI=1S/C11H17N2O5P/c1-3-6-8(18-19)9(16-2)10(17-6)13-5-4-7(14)12-11(13)15/h4-6,8-10H,3,19H2,1-2H3,(H,12,14,15). The van der Waals surface area contributed by atoms with Gasteiger partial charge in [0.2, 0.25) is 0 Å². The van der Waals surface area contributed by atoms with E-state index < -0.39 is 23.6 Å². The minimum Gasteiger partial charge on any atom is -0.374 e. The Labute approximate surface area is 112 Å². The molecule has 1 saturated heterocycles. The van der Waals surface area contributed by atoms with Crippen molar-refractivity contribution in [3.8, 4) is 0 Å². The van der Waals surface area contributed by atoms with E-state index in [9.17, 15) is 9.59 Å². The Hall–Kier alpha value is -1.01. The SMILES string of the molecule is CCC1OC(n2ccc(=O)[nH]c2=O)C(OC)C1OP. The van der Waals surface area contributed by atoms with Gasteiger partial charge < -0.3 is 14.0 Å². The molecule has 8 heteroatoms. The molecule has 1 fully saturated rings. The molecule has 1 aliphatic rings. The summed E-state index contributed by atoms with van der Waals surface area (Å²) in [6, 6.07) is 1.27. The summed E-state index contributed by atoms with van der Waals surface area (Å²) in [6.45, 7) is 1.96. The lowest BCUT2D eigenvalue weighted by Gasteiger charge is -2.21. The van der Waals surface area contributed by atoms with Crippen molar-refractivity contribution in [2.45, 2.75) is 37.9 Å². The van der Waals surface area contributed by atoms with E-state index in [-0.39, 0.29) is 12.2 Å². The van der Waals surface area contributed by atoms with E-state index in [1.165, 1.54) is 23.9 Å². The molecule has 19 heavy (non-hydrogen) atoms. The first-order valence-electron chi connectivity index (χ1n) is 5.97. The maximum absolute atomic E-state index is 11.8. The van der Waals surface area contributed by atoms with Crippen LogP contribution in [0.1, 0.15) is 19.6 Å². The average Bonchev–Trinajstić information content (AvgIpc) is 2.76. The van der Waals surface area contributed by atoms with E-state index in [1.54, 1.807) is 0 Å². The molecular formula is C11H17N2O5P. The van der Waals surface area contributed by atoms with Gasteiger partial charge in [-0.2, -0.15) is 0 Å². The molecular weight excluding hydrogens is 271 g/mol. The maximum atomic E-state index is 11.8. The Bertz CT molecular complexity index is 542. The second kappa shape index (κ2) is 5.96. The highest BCUT2D eigenvalue weighted by Crippen LogP contribution is 2.34. The van der Waals surface area contributed by atoms with E-state index in [4.69, 9.17) is 14.0 Å². The Morgan fingerprint density at radius 1 is 1.47 bits per heavy atom. The summed E-state index contributed by atoms with van der Waals surface area (Å²) in [7, 11) is 3.73. The molecule has 0 spiro atoms. The molecule has 106 valence electrons. The normalized spacial score (nSPS) is 30.7. The van der Waals surface area contributed by atoms with Crippen LogP contribution in [0.25, 0.3) is 0 Å². The van der Waals surface area contributed by atoms with Gasteiger partial charge >= 0.3 is 5.69 Å². The van der Waals surface area contributed by atoms with Crippen molar-refractivity contribution in [1.82, 2.24) is 9.55 Å². The molecule has 1 aliphatic heterocycles. The van der Waals surface area contributed by atoms with Crippen LogP contribution in [0.3, 0.4) is 0 Å². The predicted molar refractivity (Wildman–Crippen MR) is 70.9 cm³/mol. The van der Waals surface area contributed by atoms with Crippen molar-refractivity contribution in [3.05, 3.63) is 33.1 Å². The third kappa shape index (κ3) is 2.65. The Morgan fingerprint density at radius 2 is 2.21 bits per heavy atom. The van der Waals surface area contributed by atoms with E-state index in [0.29, 0.717) is 0 Å². The van der Waals surface area contributed by atoms with Gasteiger partial charge in [-0.15, -0.1) is 0 Å². The molecule has 1 N–H and O–H groups in total. The lowest BCUT2D eigenvalue weighted by molar-refractivity contribution is -0.0536. The van der Waals surface area contributed by atoms with Crippen molar-refractivity contribution < 1.29 is 14.0 Å². The van der Waals surface area contributed by atoms with Crippen LogP contribution in [0.15, 0.2) is 21.9 Å². The molecule has 7 nitrogen and oxygen atoms in total.